The molecule has 0 aliphatic carbocycles. The summed E-state index contributed by atoms with van der Waals surface area (Å²) >= 11 is 11.3. The largest absolute Gasteiger partial charge is 0.463 e. The smallest absolute Gasteiger partial charge is 0.336 e. The fourth-order valence-corrected chi connectivity index (χ4v) is 1.98. The maximum atomic E-state index is 12.9. The van der Waals surface area contributed by atoms with Crippen molar-refractivity contribution in [1.29, 1.82) is 0 Å². The minimum Gasteiger partial charge on any atom is -0.336 e. The molecule has 2 nitrogen and oxygen atoms in total. The number of nitrogens with zero attached hydrogens (tertiary/aromatic N) is 1. The average Bonchev–Trinajstić information content (AvgIpc) is 2.24. The summed E-state index contributed by atoms with van der Waals surface area (Å²) in [6.07, 6.45) is -5.94. The minimum absolute atomic E-state index is 0.177. The summed E-state index contributed by atoms with van der Waals surface area (Å²) in [6.45, 7) is -0.481. The van der Waals surface area contributed by atoms with Crippen LogP contribution in [-0.2, 0) is 11.3 Å². The summed E-state index contributed by atoms with van der Waals surface area (Å²) in [5.74, 6) is -7.79. The highest BCUT2D eigenvalue weighted by molar-refractivity contribution is 6.34. The van der Waals surface area contributed by atoms with Gasteiger partial charge in [0.1, 0.15) is 0 Å². The third-order valence-electron chi connectivity index (χ3n) is 2.31. The van der Waals surface area contributed by atoms with Crippen LogP contribution < -0.4 is 0 Å². The van der Waals surface area contributed by atoms with E-state index in [4.69, 9.17) is 23.2 Å². The van der Waals surface area contributed by atoms with Crippen molar-refractivity contribution in [2.45, 2.75) is 18.6 Å². The van der Waals surface area contributed by atoms with Crippen molar-refractivity contribution in [2.75, 3.05) is 7.05 Å². The molecule has 9 heteroatoms. The van der Waals surface area contributed by atoms with Gasteiger partial charge in [-0.25, -0.2) is 0 Å². The highest BCUT2D eigenvalue weighted by Crippen LogP contribution is 2.37. The van der Waals surface area contributed by atoms with Crippen LogP contribution in [0.2, 0.25) is 10.0 Å². The number of halogens is 7. The van der Waals surface area contributed by atoms with Crippen LogP contribution in [0.1, 0.15) is 5.56 Å². The molecule has 0 N–H and O–H groups in total. The van der Waals surface area contributed by atoms with Gasteiger partial charge in [0.25, 0.3) is 0 Å². The van der Waals surface area contributed by atoms with E-state index < -0.39 is 24.6 Å². The lowest BCUT2D eigenvalue weighted by Gasteiger charge is -2.25. The summed E-state index contributed by atoms with van der Waals surface area (Å²) in [7, 11) is 0.830. The molecule has 0 aliphatic rings. The Morgan fingerprint density at radius 2 is 1.55 bits per heavy atom. The second-order valence-corrected chi connectivity index (χ2v) is 4.88. The highest BCUT2D eigenvalue weighted by Gasteiger charge is 2.64. The minimum atomic E-state index is -5.94. The Morgan fingerprint density at radius 3 is 1.95 bits per heavy atom. The van der Waals surface area contributed by atoms with Crippen LogP contribution in [0.15, 0.2) is 18.2 Å². The van der Waals surface area contributed by atoms with E-state index in [0.717, 1.165) is 7.05 Å². The molecule has 1 amide bonds. The van der Waals surface area contributed by atoms with Gasteiger partial charge in [-0.1, -0.05) is 23.2 Å². The summed E-state index contributed by atoms with van der Waals surface area (Å²) in [5.41, 5.74) is 0.233. The lowest BCUT2D eigenvalue weighted by molar-refractivity contribution is -0.274. The van der Waals surface area contributed by atoms with Gasteiger partial charge in [0.2, 0.25) is 0 Å². The number of rotatable bonds is 3. The summed E-state index contributed by atoms with van der Waals surface area (Å²) in [6, 6.07) is 3.98. The van der Waals surface area contributed by atoms with Gasteiger partial charge >= 0.3 is 18.0 Å². The Labute approximate surface area is 121 Å². The fraction of sp³-hybridized carbons (Fsp3) is 0.364. The van der Waals surface area contributed by atoms with Crippen LogP contribution in [0.3, 0.4) is 0 Å². The second-order valence-electron chi connectivity index (χ2n) is 4.01. The molecule has 0 spiro atoms. The molecule has 1 aromatic rings. The van der Waals surface area contributed by atoms with E-state index in [0.29, 0.717) is 0 Å². The molecular formula is C11H8Cl2F5NO. The van der Waals surface area contributed by atoms with E-state index in [2.05, 4.69) is 0 Å². The zero-order valence-electron chi connectivity index (χ0n) is 9.94. The van der Waals surface area contributed by atoms with Gasteiger partial charge in [0.15, 0.2) is 0 Å². The molecule has 1 rings (SSSR count). The molecule has 0 radical (unpaired) electrons. The van der Waals surface area contributed by atoms with Crippen LogP contribution in [-0.4, -0.2) is 30.0 Å². The highest BCUT2D eigenvalue weighted by atomic mass is 35.5. The molecule has 0 fully saturated rings. The van der Waals surface area contributed by atoms with Gasteiger partial charge in [0, 0.05) is 23.6 Å². The molecule has 0 aromatic heterocycles. The third kappa shape index (κ3) is 3.73. The molecule has 20 heavy (non-hydrogen) atoms. The predicted molar refractivity (Wildman–Crippen MR) is 63.9 cm³/mol. The Hall–Kier alpha value is -1.08. The monoisotopic (exact) mass is 335 g/mol. The van der Waals surface area contributed by atoms with Crippen LogP contribution in [0, 0.1) is 0 Å². The van der Waals surface area contributed by atoms with Crippen LogP contribution in [0.4, 0.5) is 22.0 Å². The van der Waals surface area contributed by atoms with Gasteiger partial charge in [0.05, 0.1) is 0 Å². The van der Waals surface area contributed by atoms with E-state index in [-0.39, 0.29) is 20.5 Å². The first-order chi connectivity index (χ1) is 8.95. The maximum Gasteiger partial charge on any atom is 0.463 e. The first-order valence-electron chi connectivity index (χ1n) is 5.10. The van der Waals surface area contributed by atoms with E-state index in [1.165, 1.54) is 18.2 Å². The van der Waals surface area contributed by atoms with Crippen molar-refractivity contribution < 1.29 is 26.7 Å². The van der Waals surface area contributed by atoms with Crippen molar-refractivity contribution in [3.8, 4) is 0 Å². The van der Waals surface area contributed by atoms with E-state index in [1.54, 1.807) is 0 Å². The average molecular weight is 336 g/mol. The summed E-state index contributed by atoms with van der Waals surface area (Å²) in [4.78, 5) is 11.4. The summed E-state index contributed by atoms with van der Waals surface area (Å²) < 4.78 is 61.9. The Balaban J connectivity index is 2.91. The number of carbonyl (C=O) groups is 1. The lowest BCUT2D eigenvalue weighted by atomic mass is 10.2. The standard InChI is InChI=1S/C11H8Cl2F5NO/c1-19(9(20)10(14,15)11(16,17)18)5-6-2-7(12)4-8(13)3-6/h2-4H,5H2,1H3. The predicted octanol–water partition coefficient (Wildman–Crippen LogP) is 4.15. The molecule has 0 saturated heterocycles. The van der Waals surface area contributed by atoms with Crippen LogP contribution >= 0.6 is 23.2 Å². The van der Waals surface area contributed by atoms with Gasteiger partial charge in [-0.2, -0.15) is 22.0 Å². The van der Waals surface area contributed by atoms with Crippen molar-refractivity contribution >= 4 is 29.1 Å². The number of carbonyl (C=O) groups excluding carboxylic acids is 1. The second kappa shape index (κ2) is 5.73. The third-order valence-corrected chi connectivity index (χ3v) is 2.75. The lowest BCUT2D eigenvalue weighted by Crippen LogP contribution is -2.50. The zero-order valence-corrected chi connectivity index (χ0v) is 11.5. The number of hydrogen-bond donors (Lipinski definition) is 0. The number of alkyl halides is 5. The SMILES string of the molecule is CN(Cc1cc(Cl)cc(Cl)c1)C(=O)C(F)(F)C(F)(F)F. The van der Waals surface area contributed by atoms with Crippen LogP contribution in [0.25, 0.3) is 0 Å². The number of amides is 1. The topological polar surface area (TPSA) is 20.3 Å². The molecule has 0 saturated carbocycles. The van der Waals surface area contributed by atoms with Gasteiger partial charge in [-0.05, 0) is 23.8 Å². The van der Waals surface area contributed by atoms with E-state index >= 15 is 0 Å². The molecule has 0 bridgehead atoms. The molecule has 1 aromatic carbocycles. The normalized spacial score (nSPS) is 12.4. The molecule has 0 unspecified atom stereocenters. The van der Waals surface area contributed by atoms with Gasteiger partial charge < -0.3 is 4.90 Å². The van der Waals surface area contributed by atoms with E-state index in [9.17, 15) is 26.7 Å². The van der Waals surface area contributed by atoms with Crippen LogP contribution in [0.5, 0.6) is 0 Å². The number of hydrogen-bond acceptors (Lipinski definition) is 1. The Bertz CT molecular complexity index is 498. The zero-order chi connectivity index (χ0) is 15.7. The van der Waals surface area contributed by atoms with E-state index in [1.807, 2.05) is 0 Å². The molecule has 0 aliphatic heterocycles. The van der Waals surface area contributed by atoms with Gasteiger partial charge in [-0.15, -0.1) is 0 Å². The summed E-state index contributed by atoms with van der Waals surface area (Å²) in [5, 5.41) is 0.354. The Morgan fingerprint density at radius 1 is 1.10 bits per heavy atom. The molecule has 0 atom stereocenters. The molecule has 0 heterocycles. The van der Waals surface area contributed by atoms with Crippen molar-refractivity contribution in [3.63, 3.8) is 0 Å². The Kier molecular flexibility index (Phi) is 4.86. The first kappa shape index (κ1) is 17.0. The van der Waals surface area contributed by atoms with Crippen molar-refractivity contribution in [2.24, 2.45) is 0 Å². The fourth-order valence-electron chi connectivity index (χ4n) is 1.41. The molecule has 112 valence electrons. The first-order valence-corrected chi connectivity index (χ1v) is 5.86. The van der Waals surface area contributed by atoms with Crippen molar-refractivity contribution in [1.82, 2.24) is 4.90 Å². The van der Waals surface area contributed by atoms with Gasteiger partial charge in [-0.3, -0.25) is 4.79 Å². The van der Waals surface area contributed by atoms with Crippen molar-refractivity contribution in [3.05, 3.63) is 33.8 Å². The molecular weight excluding hydrogens is 328 g/mol. The number of benzene rings is 1. The quantitative estimate of drug-likeness (QED) is 0.760. The maximum absolute atomic E-state index is 12.9.